The highest BCUT2D eigenvalue weighted by molar-refractivity contribution is 5.99. The monoisotopic (exact) mass is 404 g/mol. The molecule has 156 valence electrons. The summed E-state index contributed by atoms with van der Waals surface area (Å²) in [6.07, 6.45) is 0. The van der Waals surface area contributed by atoms with Crippen molar-refractivity contribution in [1.82, 2.24) is 0 Å². The maximum Gasteiger partial charge on any atom is 0.323 e. The highest BCUT2D eigenvalue weighted by Crippen LogP contribution is 2.42. The summed E-state index contributed by atoms with van der Waals surface area (Å²) in [5.74, 6) is 0.0157. The van der Waals surface area contributed by atoms with E-state index in [1.807, 2.05) is 0 Å². The zero-order valence-electron chi connectivity index (χ0n) is 16.7. The molecule has 0 aliphatic heterocycles. The number of carbonyl (C=O) groups excluding carboxylic acids is 1. The molecular formula is C20H24N2O7. The molecule has 0 aromatic heterocycles. The van der Waals surface area contributed by atoms with Gasteiger partial charge in [0.2, 0.25) is 5.75 Å². The van der Waals surface area contributed by atoms with Gasteiger partial charge in [-0.2, -0.15) is 0 Å². The van der Waals surface area contributed by atoms with Crippen LogP contribution in [-0.4, -0.2) is 45.0 Å². The van der Waals surface area contributed by atoms with Gasteiger partial charge in [0.1, 0.15) is 12.4 Å². The smallest absolute Gasteiger partial charge is 0.323 e. The third kappa shape index (κ3) is 5.01. The van der Waals surface area contributed by atoms with Crippen LogP contribution in [0, 0.1) is 5.92 Å². The number of carboxylic acids is 1. The Morgan fingerprint density at radius 3 is 1.97 bits per heavy atom. The molecule has 0 radical (unpaired) electrons. The van der Waals surface area contributed by atoms with Gasteiger partial charge in [0.15, 0.2) is 11.5 Å². The van der Waals surface area contributed by atoms with Gasteiger partial charge in [-0.15, -0.1) is 0 Å². The van der Waals surface area contributed by atoms with Crippen LogP contribution in [0.1, 0.15) is 6.92 Å². The van der Waals surface area contributed by atoms with Crippen molar-refractivity contribution < 1.29 is 33.6 Å². The molecule has 0 fully saturated rings. The van der Waals surface area contributed by atoms with E-state index in [0.29, 0.717) is 34.4 Å². The molecule has 9 nitrogen and oxygen atoms in total. The molecule has 0 saturated carbocycles. The number of amides is 2. The Morgan fingerprint density at radius 2 is 1.55 bits per heavy atom. The van der Waals surface area contributed by atoms with E-state index in [4.69, 9.17) is 29.8 Å². The third-order valence-electron chi connectivity index (χ3n) is 4.14. The van der Waals surface area contributed by atoms with Crippen LogP contribution in [0.2, 0.25) is 0 Å². The van der Waals surface area contributed by atoms with Crippen molar-refractivity contribution in [1.29, 1.82) is 0 Å². The number of nitrogens with zero attached hydrogens (tertiary/aromatic N) is 1. The number of urea groups is 1. The Hall–Kier alpha value is -3.62. The van der Waals surface area contributed by atoms with Crippen LogP contribution in [0.25, 0.3) is 0 Å². The average molecular weight is 404 g/mol. The number of hydrogen-bond acceptors (Lipinski definition) is 6. The molecule has 9 heteroatoms. The van der Waals surface area contributed by atoms with Gasteiger partial charge in [0, 0.05) is 12.1 Å². The topological polar surface area (TPSA) is 121 Å². The first-order chi connectivity index (χ1) is 13.8. The van der Waals surface area contributed by atoms with Crippen molar-refractivity contribution in [2.75, 3.05) is 32.8 Å². The lowest BCUT2D eigenvalue weighted by Crippen LogP contribution is -2.31. The normalized spacial score (nSPS) is 11.3. The molecule has 2 amide bonds. The van der Waals surface area contributed by atoms with Crippen molar-refractivity contribution in [2.45, 2.75) is 6.92 Å². The van der Waals surface area contributed by atoms with Gasteiger partial charge in [0.25, 0.3) is 0 Å². The van der Waals surface area contributed by atoms with Crippen LogP contribution in [-0.2, 0) is 4.79 Å². The number of rotatable bonds is 9. The van der Waals surface area contributed by atoms with Crippen molar-refractivity contribution >= 4 is 23.4 Å². The quantitative estimate of drug-likeness (QED) is 0.659. The minimum Gasteiger partial charge on any atom is -0.493 e. The molecule has 2 rings (SSSR count). The molecule has 0 aliphatic carbocycles. The number of methoxy groups -OCH3 is 3. The fourth-order valence-corrected chi connectivity index (χ4v) is 2.58. The van der Waals surface area contributed by atoms with Gasteiger partial charge < -0.3 is 29.8 Å². The van der Waals surface area contributed by atoms with Crippen LogP contribution in [0.5, 0.6) is 23.0 Å². The number of hydrogen-bond donors (Lipinski definition) is 2. The molecule has 0 aliphatic rings. The summed E-state index contributed by atoms with van der Waals surface area (Å²) < 4.78 is 21.4. The number of carbonyl (C=O) groups is 2. The van der Waals surface area contributed by atoms with E-state index in [1.54, 1.807) is 43.3 Å². The second-order valence-electron chi connectivity index (χ2n) is 6.10. The number of benzene rings is 2. The molecule has 2 aromatic carbocycles. The molecule has 3 N–H and O–H groups in total. The van der Waals surface area contributed by atoms with Gasteiger partial charge >= 0.3 is 12.0 Å². The maximum absolute atomic E-state index is 12.2. The van der Waals surface area contributed by atoms with Gasteiger partial charge in [-0.25, -0.2) is 4.79 Å². The Kier molecular flexibility index (Phi) is 7.13. The van der Waals surface area contributed by atoms with Crippen LogP contribution < -0.4 is 29.6 Å². The van der Waals surface area contributed by atoms with Gasteiger partial charge in [-0.05, 0) is 31.2 Å². The highest BCUT2D eigenvalue weighted by Gasteiger charge is 2.21. The minimum absolute atomic E-state index is 0.0289. The number of ether oxygens (including phenoxy) is 4. The van der Waals surface area contributed by atoms with Crippen molar-refractivity contribution in [2.24, 2.45) is 11.7 Å². The van der Waals surface area contributed by atoms with E-state index >= 15 is 0 Å². The lowest BCUT2D eigenvalue weighted by molar-refractivity contribution is -0.142. The minimum atomic E-state index is -0.941. The van der Waals surface area contributed by atoms with Crippen molar-refractivity contribution in [3.05, 3.63) is 36.4 Å². The van der Waals surface area contributed by atoms with Gasteiger partial charge in [0.05, 0.1) is 38.6 Å². The lowest BCUT2D eigenvalue weighted by atomic mass is 10.2. The number of carboxylic acid groups (broad SMARTS) is 1. The molecular weight excluding hydrogens is 380 g/mol. The third-order valence-corrected chi connectivity index (χ3v) is 4.14. The predicted octanol–water partition coefficient (Wildman–Crippen LogP) is 3.03. The number of anilines is 2. The van der Waals surface area contributed by atoms with E-state index in [2.05, 4.69) is 0 Å². The van der Waals surface area contributed by atoms with E-state index in [0.717, 1.165) is 0 Å². The summed E-state index contributed by atoms with van der Waals surface area (Å²) in [6.45, 7) is 1.58. The number of nitrogens with two attached hydrogens (primary N) is 1. The first-order valence-electron chi connectivity index (χ1n) is 8.67. The Balaban J connectivity index is 2.35. The molecule has 1 unspecified atom stereocenters. The van der Waals surface area contributed by atoms with Crippen LogP contribution >= 0.6 is 0 Å². The Morgan fingerprint density at radius 1 is 1.00 bits per heavy atom. The second-order valence-corrected chi connectivity index (χ2v) is 6.10. The second kappa shape index (κ2) is 9.54. The van der Waals surface area contributed by atoms with Crippen molar-refractivity contribution in [3.8, 4) is 23.0 Å². The maximum atomic E-state index is 12.2. The molecule has 0 saturated heterocycles. The standard InChI is InChI=1S/C20H24N2O7/c1-12(19(23)24)11-29-15-7-5-13(6-8-15)22(20(21)25)14-9-16(26-2)18(28-4)17(10-14)27-3/h5-10,12H,11H2,1-4H3,(H2,21,25)(H,23,24). The van der Waals surface area contributed by atoms with Crippen LogP contribution in [0.4, 0.5) is 16.2 Å². The Bertz CT molecular complexity index is 843. The number of primary amides is 1. The average Bonchev–Trinajstić information content (AvgIpc) is 2.71. The molecule has 0 bridgehead atoms. The molecule has 1 atom stereocenters. The summed E-state index contributed by atoms with van der Waals surface area (Å²) in [4.78, 5) is 24.3. The van der Waals surface area contributed by atoms with E-state index in [9.17, 15) is 9.59 Å². The molecule has 0 heterocycles. The Labute approximate surface area is 168 Å². The first kappa shape index (κ1) is 21.7. The fraction of sp³-hybridized carbons (Fsp3) is 0.300. The summed E-state index contributed by atoms with van der Waals surface area (Å²) >= 11 is 0. The summed E-state index contributed by atoms with van der Waals surface area (Å²) in [6, 6.07) is 9.00. The summed E-state index contributed by atoms with van der Waals surface area (Å²) in [7, 11) is 4.43. The molecule has 0 spiro atoms. The van der Waals surface area contributed by atoms with E-state index < -0.39 is 17.9 Å². The lowest BCUT2D eigenvalue weighted by Gasteiger charge is -2.23. The van der Waals surface area contributed by atoms with Crippen molar-refractivity contribution in [3.63, 3.8) is 0 Å². The highest BCUT2D eigenvalue weighted by atomic mass is 16.5. The van der Waals surface area contributed by atoms with E-state index in [1.165, 1.54) is 26.2 Å². The fourth-order valence-electron chi connectivity index (χ4n) is 2.58. The van der Waals surface area contributed by atoms with Crippen LogP contribution in [0.15, 0.2) is 36.4 Å². The van der Waals surface area contributed by atoms with Gasteiger partial charge in [-0.3, -0.25) is 9.69 Å². The first-order valence-corrected chi connectivity index (χ1v) is 8.67. The predicted molar refractivity (Wildman–Crippen MR) is 107 cm³/mol. The van der Waals surface area contributed by atoms with Crippen LogP contribution in [0.3, 0.4) is 0 Å². The summed E-state index contributed by atoms with van der Waals surface area (Å²) in [5, 5.41) is 8.92. The molecule has 29 heavy (non-hydrogen) atoms. The van der Waals surface area contributed by atoms with Gasteiger partial charge in [-0.1, -0.05) is 0 Å². The molecule has 2 aromatic rings. The SMILES string of the molecule is COc1cc(N(C(N)=O)c2ccc(OCC(C)C(=O)O)cc2)cc(OC)c1OC. The summed E-state index contributed by atoms with van der Waals surface area (Å²) in [5.41, 5.74) is 6.50. The zero-order chi connectivity index (χ0) is 21.6. The largest absolute Gasteiger partial charge is 0.493 e. The zero-order valence-corrected chi connectivity index (χ0v) is 16.7. The number of aliphatic carboxylic acids is 1. The van der Waals surface area contributed by atoms with E-state index in [-0.39, 0.29) is 6.61 Å².